The van der Waals surface area contributed by atoms with Crippen LogP contribution < -0.4 is 5.32 Å². The van der Waals surface area contributed by atoms with Crippen LogP contribution >= 0.6 is 0 Å². The van der Waals surface area contributed by atoms with Crippen molar-refractivity contribution in [2.24, 2.45) is 4.36 Å². The van der Waals surface area contributed by atoms with E-state index in [1.807, 2.05) is 0 Å². The predicted molar refractivity (Wildman–Crippen MR) is 81.1 cm³/mol. The number of hydrogen-bond donors (Lipinski definition) is 1. The van der Waals surface area contributed by atoms with Crippen LogP contribution in [0.3, 0.4) is 0 Å². The molecule has 1 unspecified atom stereocenters. The number of anilines is 1. The Morgan fingerprint density at radius 3 is 2.67 bits per heavy atom. The van der Waals surface area contributed by atoms with Crippen molar-refractivity contribution >= 4 is 21.3 Å². The number of nitrogens with one attached hydrogen (secondary N) is 1. The molecule has 0 aliphatic heterocycles. The lowest BCUT2D eigenvalue weighted by molar-refractivity contribution is 0.102. The Morgan fingerprint density at radius 1 is 1.38 bits per heavy atom. The van der Waals surface area contributed by atoms with Crippen LogP contribution in [0.15, 0.2) is 37.9 Å². The number of carbonyl (C=O) groups is 1. The maximum Gasteiger partial charge on any atom is 0.277 e. The van der Waals surface area contributed by atoms with Gasteiger partial charge in [0.1, 0.15) is 5.76 Å². The minimum Gasteiger partial charge on any atom is -0.445 e. The highest BCUT2D eigenvalue weighted by Gasteiger charge is 2.16. The molecular formula is C14H17N3O3S. The predicted octanol–water partition coefficient (Wildman–Crippen LogP) is 2.63. The molecule has 1 amide bonds. The second kappa shape index (κ2) is 5.69. The molecule has 1 N–H and O–H groups in total. The number of rotatable bonds is 3. The van der Waals surface area contributed by atoms with Crippen molar-refractivity contribution in [1.29, 1.82) is 0 Å². The third kappa shape index (κ3) is 3.30. The van der Waals surface area contributed by atoms with Crippen LogP contribution in [0.25, 0.3) is 0 Å². The lowest BCUT2D eigenvalue weighted by atomic mass is 10.3. The largest absolute Gasteiger partial charge is 0.445 e. The Labute approximate surface area is 123 Å². The smallest absolute Gasteiger partial charge is 0.277 e. The van der Waals surface area contributed by atoms with Crippen molar-refractivity contribution in [1.82, 2.24) is 4.98 Å². The van der Waals surface area contributed by atoms with Crippen LogP contribution in [0.4, 0.5) is 5.69 Å². The van der Waals surface area contributed by atoms with E-state index in [4.69, 9.17) is 4.42 Å². The van der Waals surface area contributed by atoms with E-state index in [2.05, 4.69) is 14.7 Å². The van der Waals surface area contributed by atoms with Crippen molar-refractivity contribution in [3.63, 3.8) is 0 Å². The quantitative estimate of drug-likeness (QED) is 0.944. The topological polar surface area (TPSA) is 84.6 Å². The molecule has 21 heavy (non-hydrogen) atoms. The first-order valence-corrected chi connectivity index (χ1v) is 8.21. The molecule has 0 saturated heterocycles. The van der Waals surface area contributed by atoms with E-state index in [9.17, 15) is 9.00 Å². The Morgan fingerprint density at radius 2 is 2.10 bits per heavy atom. The second-order valence-electron chi connectivity index (χ2n) is 4.60. The second-order valence-corrected chi connectivity index (χ2v) is 7.05. The highest BCUT2D eigenvalue weighted by molar-refractivity contribution is 7.93. The fraction of sp³-hybridized carbons (Fsp3) is 0.286. The fourth-order valence-corrected chi connectivity index (χ4v) is 2.73. The average Bonchev–Trinajstić information content (AvgIpc) is 2.78. The summed E-state index contributed by atoms with van der Waals surface area (Å²) < 4.78 is 21.3. The third-order valence-corrected chi connectivity index (χ3v) is 4.82. The van der Waals surface area contributed by atoms with E-state index in [1.54, 1.807) is 44.4 Å². The van der Waals surface area contributed by atoms with Gasteiger partial charge in [-0.15, -0.1) is 0 Å². The maximum absolute atomic E-state index is 12.2. The van der Waals surface area contributed by atoms with E-state index in [0.717, 1.165) is 0 Å². The third-order valence-electron chi connectivity index (χ3n) is 3.00. The Bertz CT molecular complexity index is 802. The van der Waals surface area contributed by atoms with Crippen LogP contribution in [0.5, 0.6) is 0 Å². The van der Waals surface area contributed by atoms with Gasteiger partial charge in [0.2, 0.25) is 0 Å². The van der Waals surface area contributed by atoms with Crippen LogP contribution in [-0.4, -0.2) is 28.4 Å². The first-order chi connectivity index (χ1) is 9.83. The normalized spacial score (nSPS) is 13.5. The molecule has 1 heterocycles. The number of amides is 1. The molecule has 0 saturated carbocycles. The minimum atomic E-state index is -2.44. The van der Waals surface area contributed by atoms with Crippen molar-refractivity contribution < 1.29 is 13.4 Å². The molecule has 6 nitrogen and oxygen atoms in total. The summed E-state index contributed by atoms with van der Waals surface area (Å²) in [7, 11) is -0.927. The van der Waals surface area contributed by atoms with Gasteiger partial charge in [-0.2, -0.15) is 0 Å². The molecule has 0 bridgehead atoms. The zero-order chi connectivity index (χ0) is 15.6. The van der Waals surface area contributed by atoms with Gasteiger partial charge in [-0.25, -0.2) is 13.6 Å². The first-order valence-electron chi connectivity index (χ1n) is 6.29. The summed E-state index contributed by atoms with van der Waals surface area (Å²) in [4.78, 5) is 16.8. The number of nitrogens with zero attached hydrogens (tertiary/aromatic N) is 2. The van der Waals surface area contributed by atoms with Gasteiger partial charge in [-0.05, 0) is 25.1 Å². The standard InChI is InChI=1S/C14H17N3O3S/c1-9-13(16-10(2)20-9)14(18)17-11-6-5-7-12(8-11)21(4,19)15-3/h5-8H,1-4H3,(H,17,18). The lowest BCUT2D eigenvalue weighted by Crippen LogP contribution is -2.14. The lowest BCUT2D eigenvalue weighted by Gasteiger charge is -2.07. The first kappa shape index (κ1) is 15.2. The molecule has 0 aliphatic rings. The van der Waals surface area contributed by atoms with Crippen LogP contribution in [-0.2, 0) is 9.73 Å². The summed E-state index contributed by atoms with van der Waals surface area (Å²) in [5, 5.41) is 2.72. The zero-order valence-electron chi connectivity index (χ0n) is 12.3. The van der Waals surface area contributed by atoms with Gasteiger partial charge in [0.25, 0.3) is 5.91 Å². The van der Waals surface area contributed by atoms with Gasteiger partial charge in [0.05, 0.1) is 9.73 Å². The molecule has 1 atom stereocenters. The summed E-state index contributed by atoms with van der Waals surface area (Å²) in [5.41, 5.74) is 0.783. The fourth-order valence-electron chi connectivity index (χ4n) is 1.84. The minimum absolute atomic E-state index is 0.246. The van der Waals surface area contributed by atoms with E-state index in [-0.39, 0.29) is 11.6 Å². The SMILES string of the molecule is CN=S(C)(=O)c1cccc(NC(=O)c2nc(C)oc2C)c1. The van der Waals surface area contributed by atoms with Gasteiger partial charge in [-0.1, -0.05) is 6.07 Å². The highest BCUT2D eigenvalue weighted by Crippen LogP contribution is 2.18. The van der Waals surface area contributed by atoms with Crippen molar-refractivity contribution in [2.45, 2.75) is 18.7 Å². The average molecular weight is 307 g/mol. The van der Waals surface area contributed by atoms with E-state index in [0.29, 0.717) is 22.2 Å². The monoisotopic (exact) mass is 307 g/mol. The molecule has 112 valence electrons. The van der Waals surface area contributed by atoms with Gasteiger partial charge < -0.3 is 9.73 Å². The number of aryl methyl sites for hydroxylation is 2. The van der Waals surface area contributed by atoms with Crippen LogP contribution in [0.1, 0.15) is 22.1 Å². The summed E-state index contributed by atoms with van der Waals surface area (Å²) in [6.07, 6.45) is 1.55. The van der Waals surface area contributed by atoms with Gasteiger partial charge in [0.15, 0.2) is 11.6 Å². The van der Waals surface area contributed by atoms with Crippen molar-refractivity contribution in [2.75, 3.05) is 18.6 Å². The Hall–Kier alpha value is -2.15. The number of aromatic nitrogens is 1. The number of carbonyl (C=O) groups excluding carboxylic acids is 1. The molecule has 7 heteroatoms. The zero-order valence-corrected chi connectivity index (χ0v) is 13.2. The van der Waals surface area contributed by atoms with Crippen LogP contribution in [0.2, 0.25) is 0 Å². The van der Waals surface area contributed by atoms with Gasteiger partial charge >= 0.3 is 0 Å². The molecule has 0 aliphatic carbocycles. The van der Waals surface area contributed by atoms with Gasteiger partial charge in [0, 0.05) is 30.8 Å². The van der Waals surface area contributed by atoms with E-state index in [1.165, 1.54) is 7.05 Å². The molecule has 0 spiro atoms. The molecule has 0 radical (unpaired) electrons. The maximum atomic E-state index is 12.2. The van der Waals surface area contributed by atoms with Crippen molar-refractivity contribution in [3.8, 4) is 0 Å². The summed E-state index contributed by atoms with van der Waals surface area (Å²) >= 11 is 0. The Kier molecular flexibility index (Phi) is 4.13. The van der Waals surface area contributed by atoms with Crippen molar-refractivity contribution in [3.05, 3.63) is 41.6 Å². The van der Waals surface area contributed by atoms with Crippen LogP contribution in [0, 0.1) is 13.8 Å². The van der Waals surface area contributed by atoms with Gasteiger partial charge in [-0.3, -0.25) is 4.79 Å². The summed E-state index contributed by atoms with van der Waals surface area (Å²) in [5.74, 6) is 0.536. The summed E-state index contributed by atoms with van der Waals surface area (Å²) in [6.45, 7) is 3.36. The highest BCUT2D eigenvalue weighted by atomic mass is 32.2. The number of hydrogen-bond acceptors (Lipinski definition) is 5. The number of benzene rings is 1. The Balaban J connectivity index is 2.29. The van der Waals surface area contributed by atoms with E-state index >= 15 is 0 Å². The molecule has 2 rings (SSSR count). The molecule has 1 aromatic heterocycles. The molecule has 2 aromatic rings. The van der Waals surface area contributed by atoms with E-state index < -0.39 is 9.73 Å². The molecule has 1 aromatic carbocycles. The molecule has 0 fully saturated rings. The molecular weight excluding hydrogens is 290 g/mol. The number of oxazole rings is 1. The summed E-state index contributed by atoms with van der Waals surface area (Å²) in [6, 6.07) is 6.81.